The zero-order valence-corrected chi connectivity index (χ0v) is 21.8. The lowest BCUT2D eigenvalue weighted by molar-refractivity contribution is -0.0398. The van der Waals surface area contributed by atoms with E-state index < -0.39 is 6.03 Å². The van der Waals surface area contributed by atoms with Gasteiger partial charge in [0.1, 0.15) is 12.4 Å². The molecule has 1 unspecified atom stereocenters. The predicted octanol–water partition coefficient (Wildman–Crippen LogP) is 4.83. The molecule has 7 nitrogen and oxygen atoms in total. The number of halogens is 1. The molecule has 0 bridgehead atoms. The minimum absolute atomic E-state index is 0.214. The van der Waals surface area contributed by atoms with Gasteiger partial charge in [-0.05, 0) is 53.8 Å². The van der Waals surface area contributed by atoms with E-state index in [1.165, 1.54) is 11.1 Å². The fourth-order valence-corrected chi connectivity index (χ4v) is 4.85. The van der Waals surface area contributed by atoms with Gasteiger partial charge in [-0.15, -0.1) is 0 Å². The van der Waals surface area contributed by atoms with Crippen LogP contribution in [0, 0.1) is 0 Å². The van der Waals surface area contributed by atoms with Crippen LogP contribution in [0.25, 0.3) is 0 Å². The number of nitrogens with zero attached hydrogens (tertiary/aromatic N) is 3. The van der Waals surface area contributed by atoms with Gasteiger partial charge in [-0.2, -0.15) is 0 Å². The fraction of sp³-hybridized carbons (Fsp3) is 0.345. The molecular formula is C29H35ClN4O3. The van der Waals surface area contributed by atoms with E-state index in [2.05, 4.69) is 52.3 Å². The Morgan fingerprint density at radius 2 is 1.59 bits per heavy atom. The van der Waals surface area contributed by atoms with Gasteiger partial charge in [0.05, 0.1) is 12.6 Å². The molecule has 0 aliphatic carbocycles. The maximum atomic E-state index is 10.8. The first-order valence-corrected chi connectivity index (χ1v) is 13.1. The van der Waals surface area contributed by atoms with Crippen molar-refractivity contribution in [3.63, 3.8) is 0 Å². The number of rotatable bonds is 11. The first-order chi connectivity index (χ1) is 18.0. The Morgan fingerprint density at radius 1 is 0.946 bits per heavy atom. The van der Waals surface area contributed by atoms with E-state index in [-0.39, 0.29) is 12.6 Å². The Hall–Kier alpha value is -3.10. The van der Waals surface area contributed by atoms with Gasteiger partial charge in [0.25, 0.3) is 0 Å². The molecule has 196 valence electrons. The summed E-state index contributed by atoms with van der Waals surface area (Å²) in [6, 6.07) is 26.2. The Labute approximate surface area is 224 Å². The van der Waals surface area contributed by atoms with Gasteiger partial charge >= 0.3 is 6.03 Å². The first-order valence-electron chi connectivity index (χ1n) is 12.7. The molecule has 1 aliphatic rings. The molecule has 3 aromatic carbocycles. The summed E-state index contributed by atoms with van der Waals surface area (Å²) in [5.41, 5.74) is 8.70. The Bertz CT molecular complexity index is 1100. The van der Waals surface area contributed by atoms with E-state index in [1.54, 1.807) is 0 Å². The standard InChI is InChI=1S/C29H35ClN4O3/c30-26-12-10-25(11-13-26)28(24-6-2-1-3-7-24)33-19-17-32(18-20-33)21-22-37-27-14-8-23(9-15-27)5-4-16-34(36)29(31)35/h1-3,6-15,28,36H,4-5,16-22H2,(H2,31,35). The monoisotopic (exact) mass is 522 g/mol. The fourth-order valence-electron chi connectivity index (χ4n) is 4.73. The number of urea groups is 1. The van der Waals surface area contributed by atoms with Crippen molar-refractivity contribution in [1.82, 2.24) is 14.9 Å². The lowest BCUT2D eigenvalue weighted by atomic mass is 9.96. The molecule has 1 aliphatic heterocycles. The van der Waals surface area contributed by atoms with Crippen LogP contribution in [-0.2, 0) is 6.42 Å². The van der Waals surface area contributed by atoms with Crippen molar-refractivity contribution in [2.75, 3.05) is 45.9 Å². The smallest absolute Gasteiger partial charge is 0.338 e. The molecule has 2 amide bonds. The molecular weight excluding hydrogens is 488 g/mol. The average Bonchev–Trinajstić information content (AvgIpc) is 2.92. The molecule has 1 heterocycles. The number of hydroxylamine groups is 2. The van der Waals surface area contributed by atoms with Crippen LogP contribution in [0.4, 0.5) is 4.79 Å². The number of hydrogen-bond donors (Lipinski definition) is 2. The van der Waals surface area contributed by atoms with Crippen LogP contribution in [0.1, 0.15) is 29.2 Å². The summed E-state index contributed by atoms with van der Waals surface area (Å²) < 4.78 is 5.98. The summed E-state index contributed by atoms with van der Waals surface area (Å²) in [7, 11) is 0. The van der Waals surface area contributed by atoms with Gasteiger partial charge in [-0.25, -0.2) is 9.86 Å². The Balaban J connectivity index is 1.23. The molecule has 37 heavy (non-hydrogen) atoms. The molecule has 8 heteroatoms. The van der Waals surface area contributed by atoms with E-state index in [0.717, 1.165) is 55.5 Å². The predicted molar refractivity (Wildman–Crippen MR) is 146 cm³/mol. The maximum absolute atomic E-state index is 10.8. The van der Waals surface area contributed by atoms with Gasteiger partial charge in [-0.3, -0.25) is 15.0 Å². The number of benzene rings is 3. The topological polar surface area (TPSA) is 82.3 Å². The third-order valence-electron chi connectivity index (χ3n) is 6.76. The van der Waals surface area contributed by atoms with Crippen molar-refractivity contribution in [2.45, 2.75) is 18.9 Å². The third-order valence-corrected chi connectivity index (χ3v) is 7.01. The van der Waals surface area contributed by atoms with Crippen LogP contribution in [0.3, 0.4) is 0 Å². The number of aryl methyl sites for hydroxylation is 1. The average molecular weight is 523 g/mol. The van der Waals surface area contributed by atoms with Crippen LogP contribution in [0.15, 0.2) is 78.9 Å². The summed E-state index contributed by atoms with van der Waals surface area (Å²) in [5.74, 6) is 0.843. The number of nitrogens with two attached hydrogens (primary N) is 1. The second-order valence-electron chi connectivity index (χ2n) is 9.30. The number of carbonyl (C=O) groups excluding carboxylic acids is 1. The van der Waals surface area contributed by atoms with Crippen molar-refractivity contribution >= 4 is 17.6 Å². The van der Waals surface area contributed by atoms with Crippen LogP contribution < -0.4 is 10.5 Å². The Kier molecular flexibility index (Phi) is 9.79. The lowest BCUT2D eigenvalue weighted by Crippen LogP contribution is -2.48. The van der Waals surface area contributed by atoms with Crippen molar-refractivity contribution in [3.05, 3.63) is 101 Å². The zero-order chi connectivity index (χ0) is 26.0. The second kappa shape index (κ2) is 13.4. The molecule has 0 saturated carbocycles. The van der Waals surface area contributed by atoms with Gasteiger partial charge in [0, 0.05) is 37.7 Å². The second-order valence-corrected chi connectivity index (χ2v) is 9.74. The van der Waals surface area contributed by atoms with Crippen molar-refractivity contribution in [3.8, 4) is 5.75 Å². The van der Waals surface area contributed by atoms with Crippen LogP contribution >= 0.6 is 11.6 Å². The summed E-state index contributed by atoms with van der Waals surface area (Å²) >= 11 is 6.15. The first kappa shape index (κ1) is 26.9. The van der Waals surface area contributed by atoms with Gasteiger partial charge in [-0.1, -0.05) is 66.2 Å². The highest BCUT2D eigenvalue weighted by Crippen LogP contribution is 2.30. The number of amides is 2. The van der Waals surface area contributed by atoms with E-state index in [9.17, 15) is 10.0 Å². The van der Waals surface area contributed by atoms with Crippen LogP contribution in [-0.4, -0.2) is 72.0 Å². The number of ether oxygens (including phenoxy) is 1. The molecule has 0 spiro atoms. The van der Waals surface area contributed by atoms with Crippen LogP contribution in [0.5, 0.6) is 5.75 Å². The molecule has 0 aromatic heterocycles. The largest absolute Gasteiger partial charge is 0.492 e. The minimum atomic E-state index is -0.831. The highest BCUT2D eigenvalue weighted by atomic mass is 35.5. The Morgan fingerprint density at radius 3 is 2.24 bits per heavy atom. The number of hydrogen-bond acceptors (Lipinski definition) is 5. The van der Waals surface area contributed by atoms with Gasteiger partial charge < -0.3 is 10.5 Å². The molecule has 1 saturated heterocycles. The molecule has 1 atom stereocenters. The van der Waals surface area contributed by atoms with Crippen molar-refractivity contribution in [2.24, 2.45) is 5.73 Å². The SMILES string of the molecule is NC(=O)N(O)CCCc1ccc(OCCN2CCN(C(c3ccccc3)c3ccc(Cl)cc3)CC2)cc1. The summed E-state index contributed by atoms with van der Waals surface area (Å²) in [6.07, 6.45) is 1.38. The molecule has 0 radical (unpaired) electrons. The van der Waals surface area contributed by atoms with E-state index in [4.69, 9.17) is 22.1 Å². The summed E-state index contributed by atoms with van der Waals surface area (Å²) in [4.78, 5) is 15.8. The van der Waals surface area contributed by atoms with E-state index in [1.807, 2.05) is 36.4 Å². The molecule has 4 rings (SSSR count). The number of primary amides is 1. The van der Waals surface area contributed by atoms with E-state index in [0.29, 0.717) is 18.1 Å². The van der Waals surface area contributed by atoms with Gasteiger partial charge in [0.2, 0.25) is 0 Å². The van der Waals surface area contributed by atoms with Crippen molar-refractivity contribution < 1.29 is 14.7 Å². The molecule has 1 fully saturated rings. The normalized spacial score (nSPS) is 15.3. The number of piperazine rings is 1. The number of carbonyl (C=O) groups is 1. The van der Waals surface area contributed by atoms with Crippen molar-refractivity contribution in [1.29, 1.82) is 0 Å². The highest BCUT2D eigenvalue weighted by molar-refractivity contribution is 6.30. The highest BCUT2D eigenvalue weighted by Gasteiger charge is 2.26. The minimum Gasteiger partial charge on any atom is -0.492 e. The van der Waals surface area contributed by atoms with E-state index >= 15 is 0 Å². The van der Waals surface area contributed by atoms with Crippen LogP contribution in [0.2, 0.25) is 5.02 Å². The summed E-state index contributed by atoms with van der Waals surface area (Å²) in [6.45, 7) is 5.68. The van der Waals surface area contributed by atoms with Gasteiger partial charge in [0.15, 0.2) is 0 Å². The zero-order valence-electron chi connectivity index (χ0n) is 21.0. The molecule has 3 aromatic rings. The lowest BCUT2D eigenvalue weighted by Gasteiger charge is -2.39. The quantitative estimate of drug-likeness (QED) is 0.278. The molecule has 3 N–H and O–H groups in total. The summed E-state index contributed by atoms with van der Waals surface area (Å²) in [5, 5.41) is 10.6. The maximum Gasteiger partial charge on any atom is 0.338 e. The third kappa shape index (κ3) is 7.94.